The van der Waals surface area contributed by atoms with Gasteiger partial charge in [-0.2, -0.15) is 0 Å². The highest BCUT2D eigenvalue weighted by atomic mass is 16.5. The summed E-state index contributed by atoms with van der Waals surface area (Å²) in [5, 5.41) is 3.34. The first-order valence-corrected chi connectivity index (χ1v) is 4.88. The Kier molecular flexibility index (Phi) is 7.51. The van der Waals surface area contributed by atoms with Gasteiger partial charge in [0.15, 0.2) is 0 Å². The zero-order valence-corrected chi connectivity index (χ0v) is 8.89. The summed E-state index contributed by atoms with van der Waals surface area (Å²) in [5.41, 5.74) is 0. The Morgan fingerprint density at radius 1 is 1.25 bits per heavy atom. The fourth-order valence-corrected chi connectivity index (χ4v) is 1.42. The third-order valence-electron chi connectivity index (χ3n) is 2.29. The van der Waals surface area contributed by atoms with Gasteiger partial charge >= 0.3 is 0 Å². The molecule has 0 amide bonds. The van der Waals surface area contributed by atoms with Gasteiger partial charge in [-0.25, -0.2) is 0 Å². The summed E-state index contributed by atoms with van der Waals surface area (Å²) in [4.78, 5) is 0. The molecule has 2 heteroatoms. The van der Waals surface area contributed by atoms with Crippen molar-refractivity contribution >= 4 is 0 Å². The molecule has 0 bridgehead atoms. The van der Waals surface area contributed by atoms with Crippen molar-refractivity contribution in [1.29, 1.82) is 0 Å². The third-order valence-corrected chi connectivity index (χ3v) is 2.29. The van der Waals surface area contributed by atoms with E-state index in [4.69, 9.17) is 4.74 Å². The Morgan fingerprint density at radius 2 is 1.92 bits per heavy atom. The van der Waals surface area contributed by atoms with E-state index in [-0.39, 0.29) is 0 Å². The molecule has 74 valence electrons. The van der Waals surface area contributed by atoms with E-state index in [0.717, 1.165) is 12.5 Å². The summed E-state index contributed by atoms with van der Waals surface area (Å²) in [7, 11) is 3.80. The summed E-state index contributed by atoms with van der Waals surface area (Å²) in [5.74, 6) is 0.734. The molecule has 0 aliphatic carbocycles. The maximum atomic E-state index is 5.00. The van der Waals surface area contributed by atoms with E-state index < -0.39 is 0 Å². The average molecular weight is 173 g/mol. The number of unbranched alkanes of at least 4 members (excludes halogenated alkanes) is 1. The van der Waals surface area contributed by atoms with Crippen LogP contribution in [0.15, 0.2) is 0 Å². The van der Waals surface area contributed by atoms with Crippen molar-refractivity contribution in [3.63, 3.8) is 0 Å². The molecule has 0 saturated heterocycles. The van der Waals surface area contributed by atoms with E-state index in [9.17, 15) is 0 Å². The fourth-order valence-electron chi connectivity index (χ4n) is 1.42. The van der Waals surface area contributed by atoms with Gasteiger partial charge in [-0.15, -0.1) is 0 Å². The molecule has 1 N–H and O–H groups in total. The van der Waals surface area contributed by atoms with Crippen LogP contribution in [0, 0.1) is 5.92 Å². The minimum Gasteiger partial charge on any atom is -0.385 e. The van der Waals surface area contributed by atoms with Crippen molar-refractivity contribution in [2.24, 2.45) is 5.92 Å². The Balaban J connectivity index is 3.32. The molecular formula is C10H23NO. The van der Waals surface area contributed by atoms with Crippen LogP contribution < -0.4 is 5.32 Å². The number of hydrogen-bond acceptors (Lipinski definition) is 2. The molecule has 0 aromatic heterocycles. The summed E-state index contributed by atoms with van der Waals surface area (Å²) < 4.78 is 5.00. The van der Waals surface area contributed by atoms with Crippen LogP contribution in [-0.4, -0.2) is 26.8 Å². The van der Waals surface area contributed by atoms with Gasteiger partial charge in [-0.1, -0.05) is 13.8 Å². The molecular weight excluding hydrogens is 150 g/mol. The second-order valence-corrected chi connectivity index (χ2v) is 3.63. The van der Waals surface area contributed by atoms with Crippen LogP contribution in [0.1, 0.15) is 33.1 Å². The molecule has 0 radical (unpaired) electrons. The smallest absolute Gasteiger partial charge is 0.0462 e. The second kappa shape index (κ2) is 7.56. The third kappa shape index (κ3) is 5.56. The highest BCUT2D eigenvalue weighted by molar-refractivity contribution is 4.67. The predicted molar refractivity (Wildman–Crippen MR) is 53.4 cm³/mol. The molecule has 0 aliphatic heterocycles. The number of nitrogens with one attached hydrogen (secondary N) is 1. The lowest BCUT2D eigenvalue weighted by Crippen LogP contribution is -2.30. The van der Waals surface area contributed by atoms with Crippen LogP contribution in [0.5, 0.6) is 0 Å². The van der Waals surface area contributed by atoms with Crippen molar-refractivity contribution in [2.75, 3.05) is 20.8 Å². The Morgan fingerprint density at radius 3 is 2.33 bits per heavy atom. The largest absolute Gasteiger partial charge is 0.385 e. The lowest BCUT2D eigenvalue weighted by molar-refractivity contribution is 0.190. The van der Waals surface area contributed by atoms with Crippen LogP contribution >= 0.6 is 0 Å². The minimum absolute atomic E-state index is 0.668. The lowest BCUT2D eigenvalue weighted by Gasteiger charge is -2.19. The molecule has 12 heavy (non-hydrogen) atoms. The van der Waals surface area contributed by atoms with Gasteiger partial charge in [-0.3, -0.25) is 0 Å². The van der Waals surface area contributed by atoms with Gasteiger partial charge in [0.1, 0.15) is 0 Å². The molecule has 0 rings (SSSR count). The number of methoxy groups -OCH3 is 1. The van der Waals surface area contributed by atoms with Gasteiger partial charge in [0.2, 0.25) is 0 Å². The molecule has 0 spiro atoms. The molecule has 0 aliphatic rings. The molecule has 1 atom stereocenters. The zero-order valence-electron chi connectivity index (χ0n) is 8.89. The van der Waals surface area contributed by atoms with E-state index in [2.05, 4.69) is 19.2 Å². The summed E-state index contributed by atoms with van der Waals surface area (Å²) in [6.45, 7) is 5.42. The monoisotopic (exact) mass is 173 g/mol. The van der Waals surface area contributed by atoms with Crippen molar-refractivity contribution < 1.29 is 4.74 Å². The van der Waals surface area contributed by atoms with Gasteiger partial charge < -0.3 is 10.1 Å². The first kappa shape index (κ1) is 11.9. The van der Waals surface area contributed by atoms with E-state index in [0.29, 0.717) is 6.04 Å². The molecule has 0 aromatic rings. The van der Waals surface area contributed by atoms with Crippen LogP contribution in [0.3, 0.4) is 0 Å². The molecule has 0 heterocycles. The standard InChI is InChI=1S/C10H23NO/c1-9(2)10(11-3)7-5-6-8-12-4/h9-11H,5-8H2,1-4H3. The van der Waals surface area contributed by atoms with Crippen molar-refractivity contribution in [2.45, 2.75) is 39.2 Å². The maximum absolute atomic E-state index is 5.00. The number of hydrogen-bond donors (Lipinski definition) is 1. The fraction of sp³-hybridized carbons (Fsp3) is 1.00. The molecule has 0 fully saturated rings. The molecule has 2 nitrogen and oxygen atoms in total. The quantitative estimate of drug-likeness (QED) is 0.595. The Labute approximate surface area is 76.7 Å². The van der Waals surface area contributed by atoms with Crippen molar-refractivity contribution in [3.8, 4) is 0 Å². The van der Waals surface area contributed by atoms with Gasteiger partial charge in [-0.05, 0) is 32.2 Å². The van der Waals surface area contributed by atoms with Crippen LogP contribution in [0.2, 0.25) is 0 Å². The Hall–Kier alpha value is -0.0800. The average Bonchev–Trinajstić information content (AvgIpc) is 2.04. The normalized spacial score (nSPS) is 13.8. The molecule has 0 saturated carbocycles. The maximum Gasteiger partial charge on any atom is 0.0462 e. The van der Waals surface area contributed by atoms with E-state index in [1.807, 2.05) is 7.05 Å². The minimum atomic E-state index is 0.668. The van der Waals surface area contributed by atoms with Gasteiger partial charge in [0, 0.05) is 19.8 Å². The first-order valence-electron chi connectivity index (χ1n) is 4.88. The van der Waals surface area contributed by atoms with Crippen molar-refractivity contribution in [3.05, 3.63) is 0 Å². The van der Waals surface area contributed by atoms with E-state index in [1.54, 1.807) is 7.11 Å². The topological polar surface area (TPSA) is 21.3 Å². The summed E-state index contributed by atoms with van der Waals surface area (Å²) in [6.07, 6.45) is 3.70. The predicted octanol–water partition coefficient (Wildman–Crippen LogP) is 2.05. The Bertz CT molecular complexity index is 93.8. The summed E-state index contributed by atoms with van der Waals surface area (Å²) in [6, 6.07) is 0.668. The zero-order chi connectivity index (χ0) is 9.40. The lowest BCUT2D eigenvalue weighted by atomic mass is 9.99. The van der Waals surface area contributed by atoms with Gasteiger partial charge in [0.05, 0.1) is 0 Å². The van der Waals surface area contributed by atoms with Crippen LogP contribution in [0.25, 0.3) is 0 Å². The molecule has 0 aromatic carbocycles. The van der Waals surface area contributed by atoms with E-state index >= 15 is 0 Å². The SMILES string of the molecule is CNC(CCCCOC)C(C)C. The van der Waals surface area contributed by atoms with E-state index in [1.165, 1.54) is 19.3 Å². The van der Waals surface area contributed by atoms with Crippen molar-refractivity contribution in [1.82, 2.24) is 5.32 Å². The summed E-state index contributed by atoms with van der Waals surface area (Å²) >= 11 is 0. The number of rotatable bonds is 7. The highest BCUT2D eigenvalue weighted by Crippen LogP contribution is 2.09. The highest BCUT2D eigenvalue weighted by Gasteiger charge is 2.09. The second-order valence-electron chi connectivity index (χ2n) is 3.63. The van der Waals surface area contributed by atoms with Gasteiger partial charge in [0.25, 0.3) is 0 Å². The van der Waals surface area contributed by atoms with Crippen LogP contribution in [-0.2, 0) is 4.74 Å². The molecule has 1 unspecified atom stereocenters. The number of ether oxygens (including phenoxy) is 1. The first-order chi connectivity index (χ1) is 5.72. The van der Waals surface area contributed by atoms with Crippen LogP contribution in [0.4, 0.5) is 0 Å².